The van der Waals surface area contributed by atoms with Crippen molar-refractivity contribution in [1.29, 1.82) is 0 Å². The molecule has 0 aliphatic carbocycles. The highest BCUT2D eigenvalue weighted by Gasteiger charge is 2.32. The standard InChI is InChI=1S/C17H24BrFN2O2S/c1-17(2,3)23-16(22)20-15-7-8-21(11-14(15)19)24-13-6-4-5-12(9-13)10-18/h4-6,9,14-15H,7-8,10-11H2,1-3H3,(H,20,22). The summed E-state index contributed by atoms with van der Waals surface area (Å²) in [7, 11) is 0. The molecule has 1 aliphatic heterocycles. The smallest absolute Gasteiger partial charge is 0.407 e. The van der Waals surface area contributed by atoms with Crippen LogP contribution in [0, 0.1) is 0 Å². The van der Waals surface area contributed by atoms with Gasteiger partial charge in [-0.1, -0.05) is 28.1 Å². The molecule has 1 aromatic carbocycles. The fourth-order valence-electron chi connectivity index (χ4n) is 2.42. The molecule has 0 aromatic heterocycles. The maximum atomic E-state index is 14.4. The summed E-state index contributed by atoms with van der Waals surface area (Å²) in [5.74, 6) is 0. The average Bonchev–Trinajstić information content (AvgIpc) is 2.48. The maximum Gasteiger partial charge on any atom is 0.407 e. The van der Waals surface area contributed by atoms with Crippen LogP contribution in [0.15, 0.2) is 29.2 Å². The van der Waals surface area contributed by atoms with Crippen molar-refractivity contribution in [2.75, 3.05) is 13.1 Å². The van der Waals surface area contributed by atoms with Crippen molar-refractivity contribution < 1.29 is 13.9 Å². The van der Waals surface area contributed by atoms with Gasteiger partial charge in [-0.25, -0.2) is 13.5 Å². The second-order valence-electron chi connectivity index (χ2n) is 6.82. The maximum absolute atomic E-state index is 14.4. The predicted molar refractivity (Wildman–Crippen MR) is 99.2 cm³/mol. The molecule has 0 saturated carbocycles. The number of benzene rings is 1. The molecular formula is C17H24BrFN2O2S. The normalized spacial score (nSPS) is 22.2. The van der Waals surface area contributed by atoms with E-state index in [2.05, 4.69) is 27.3 Å². The predicted octanol–water partition coefficient (Wildman–Crippen LogP) is 4.53. The third kappa shape index (κ3) is 6.26. The van der Waals surface area contributed by atoms with Gasteiger partial charge in [0.15, 0.2) is 0 Å². The summed E-state index contributed by atoms with van der Waals surface area (Å²) in [6.45, 7) is 6.37. The van der Waals surface area contributed by atoms with Crippen LogP contribution >= 0.6 is 27.9 Å². The molecule has 24 heavy (non-hydrogen) atoms. The molecule has 4 nitrogen and oxygen atoms in total. The van der Waals surface area contributed by atoms with Crippen LogP contribution in [0.2, 0.25) is 0 Å². The van der Waals surface area contributed by atoms with Gasteiger partial charge in [0.25, 0.3) is 0 Å². The topological polar surface area (TPSA) is 41.6 Å². The van der Waals surface area contributed by atoms with Crippen molar-refractivity contribution in [2.24, 2.45) is 0 Å². The zero-order chi connectivity index (χ0) is 17.7. The summed E-state index contributed by atoms with van der Waals surface area (Å²) < 4.78 is 21.6. The summed E-state index contributed by atoms with van der Waals surface area (Å²) in [6.07, 6.45) is -1.11. The van der Waals surface area contributed by atoms with Gasteiger partial charge in [-0.3, -0.25) is 0 Å². The van der Waals surface area contributed by atoms with Crippen LogP contribution in [-0.2, 0) is 10.1 Å². The molecule has 1 N–H and O–H groups in total. The number of halogens is 2. The Morgan fingerprint density at radius 1 is 1.50 bits per heavy atom. The Morgan fingerprint density at radius 3 is 2.88 bits per heavy atom. The Labute approximate surface area is 155 Å². The Kier molecular flexibility index (Phi) is 6.95. The SMILES string of the molecule is CC(C)(C)OC(=O)NC1CCN(Sc2cccc(CBr)c2)CC1F. The number of alkyl carbamates (subject to hydrolysis) is 1. The Hall–Kier alpha value is -0.790. The first-order chi connectivity index (χ1) is 11.3. The van der Waals surface area contributed by atoms with Crippen LogP contribution < -0.4 is 5.32 Å². The van der Waals surface area contributed by atoms with Gasteiger partial charge in [0.2, 0.25) is 0 Å². The number of hydrogen-bond donors (Lipinski definition) is 1. The van der Waals surface area contributed by atoms with E-state index in [9.17, 15) is 9.18 Å². The number of nitrogens with zero attached hydrogens (tertiary/aromatic N) is 1. The van der Waals surface area contributed by atoms with E-state index in [1.54, 1.807) is 32.7 Å². The molecule has 0 bridgehead atoms. The van der Waals surface area contributed by atoms with E-state index < -0.39 is 23.9 Å². The first kappa shape index (κ1) is 19.5. The lowest BCUT2D eigenvalue weighted by Gasteiger charge is -2.34. The highest BCUT2D eigenvalue weighted by Crippen LogP contribution is 2.28. The van der Waals surface area contributed by atoms with Crippen molar-refractivity contribution in [3.8, 4) is 0 Å². The summed E-state index contributed by atoms with van der Waals surface area (Å²) in [5, 5.41) is 3.45. The van der Waals surface area contributed by atoms with Gasteiger partial charge in [-0.05, 0) is 56.8 Å². The summed E-state index contributed by atoms with van der Waals surface area (Å²) in [4.78, 5) is 12.9. The van der Waals surface area contributed by atoms with Crippen molar-refractivity contribution in [3.63, 3.8) is 0 Å². The number of rotatable bonds is 4. The molecule has 1 fully saturated rings. The third-order valence-corrected chi connectivity index (χ3v) is 5.20. The molecule has 1 aromatic rings. The molecule has 1 saturated heterocycles. The molecule has 134 valence electrons. The number of carbonyl (C=O) groups is 1. The lowest BCUT2D eigenvalue weighted by atomic mass is 10.1. The van der Waals surface area contributed by atoms with E-state index >= 15 is 0 Å². The van der Waals surface area contributed by atoms with Crippen molar-refractivity contribution in [2.45, 2.75) is 55.2 Å². The Balaban J connectivity index is 1.85. The van der Waals surface area contributed by atoms with Gasteiger partial charge in [0, 0.05) is 23.3 Å². The summed E-state index contributed by atoms with van der Waals surface area (Å²) in [6, 6.07) is 7.68. The molecule has 1 amide bonds. The zero-order valence-electron chi connectivity index (χ0n) is 14.2. The Bertz CT molecular complexity index is 568. The van der Waals surface area contributed by atoms with E-state index in [1.165, 1.54) is 5.56 Å². The Morgan fingerprint density at radius 2 is 2.25 bits per heavy atom. The number of ether oxygens (including phenoxy) is 1. The fourth-order valence-corrected chi connectivity index (χ4v) is 3.82. The first-order valence-corrected chi connectivity index (χ1v) is 9.88. The summed E-state index contributed by atoms with van der Waals surface area (Å²) >= 11 is 5.00. The van der Waals surface area contributed by atoms with Crippen LogP contribution in [0.5, 0.6) is 0 Å². The monoisotopic (exact) mass is 418 g/mol. The van der Waals surface area contributed by atoms with Crippen LogP contribution in [0.4, 0.5) is 9.18 Å². The quantitative estimate of drug-likeness (QED) is 0.576. The largest absolute Gasteiger partial charge is 0.444 e. The second-order valence-corrected chi connectivity index (χ2v) is 8.55. The van der Waals surface area contributed by atoms with Crippen molar-refractivity contribution in [1.82, 2.24) is 9.62 Å². The molecule has 0 radical (unpaired) electrons. The fraction of sp³-hybridized carbons (Fsp3) is 0.588. The van der Waals surface area contributed by atoms with Gasteiger partial charge in [-0.2, -0.15) is 0 Å². The number of hydrogen-bond acceptors (Lipinski definition) is 4. The molecule has 2 rings (SSSR count). The molecule has 2 unspecified atom stereocenters. The van der Waals surface area contributed by atoms with Crippen LogP contribution in [0.1, 0.15) is 32.8 Å². The molecule has 0 spiro atoms. The molecule has 7 heteroatoms. The van der Waals surface area contributed by atoms with Gasteiger partial charge >= 0.3 is 6.09 Å². The number of nitrogens with one attached hydrogen (secondary N) is 1. The number of carbonyl (C=O) groups excluding carboxylic acids is 1. The number of alkyl halides is 2. The van der Waals surface area contributed by atoms with Gasteiger partial charge in [0.05, 0.1) is 6.04 Å². The molecule has 1 heterocycles. The second kappa shape index (κ2) is 8.54. The minimum absolute atomic E-state index is 0.281. The lowest BCUT2D eigenvalue weighted by Crippen LogP contribution is -2.51. The van der Waals surface area contributed by atoms with E-state index in [-0.39, 0.29) is 6.54 Å². The minimum atomic E-state index is -1.11. The average molecular weight is 419 g/mol. The van der Waals surface area contributed by atoms with Gasteiger partial charge < -0.3 is 10.1 Å². The van der Waals surface area contributed by atoms with E-state index in [0.29, 0.717) is 13.0 Å². The van der Waals surface area contributed by atoms with Crippen molar-refractivity contribution >= 4 is 34.0 Å². The lowest BCUT2D eigenvalue weighted by molar-refractivity contribution is 0.0440. The molecular weight excluding hydrogens is 395 g/mol. The van der Waals surface area contributed by atoms with Crippen LogP contribution in [0.3, 0.4) is 0 Å². The van der Waals surface area contributed by atoms with E-state index in [4.69, 9.17) is 4.74 Å². The third-order valence-electron chi connectivity index (χ3n) is 3.49. The van der Waals surface area contributed by atoms with Gasteiger partial charge in [0.1, 0.15) is 11.8 Å². The summed E-state index contributed by atoms with van der Waals surface area (Å²) in [5.41, 5.74) is 0.616. The zero-order valence-corrected chi connectivity index (χ0v) is 16.6. The highest BCUT2D eigenvalue weighted by atomic mass is 79.9. The van der Waals surface area contributed by atoms with E-state index in [0.717, 1.165) is 10.2 Å². The molecule has 1 aliphatic rings. The van der Waals surface area contributed by atoms with E-state index in [1.807, 2.05) is 22.5 Å². The molecule has 2 atom stereocenters. The minimum Gasteiger partial charge on any atom is -0.444 e. The number of piperidine rings is 1. The van der Waals surface area contributed by atoms with Crippen molar-refractivity contribution in [3.05, 3.63) is 29.8 Å². The van der Waals surface area contributed by atoms with Crippen LogP contribution in [0.25, 0.3) is 0 Å². The highest BCUT2D eigenvalue weighted by molar-refractivity contribution is 9.08. The van der Waals surface area contributed by atoms with Crippen LogP contribution in [-0.4, -0.2) is 41.3 Å². The van der Waals surface area contributed by atoms with Gasteiger partial charge in [-0.15, -0.1) is 0 Å². The first-order valence-electron chi connectivity index (χ1n) is 7.98. The number of amides is 1.